The fourth-order valence-corrected chi connectivity index (χ4v) is 2.52. The van der Waals surface area contributed by atoms with E-state index in [2.05, 4.69) is 5.32 Å². The van der Waals surface area contributed by atoms with Gasteiger partial charge in [0.2, 0.25) is 0 Å². The Bertz CT molecular complexity index is 502. The Labute approximate surface area is 121 Å². The van der Waals surface area contributed by atoms with Crippen molar-refractivity contribution in [2.24, 2.45) is 5.92 Å². The van der Waals surface area contributed by atoms with Gasteiger partial charge in [-0.25, -0.2) is 4.79 Å². The van der Waals surface area contributed by atoms with Crippen LogP contribution in [0.3, 0.4) is 0 Å². The predicted molar refractivity (Wildman–Crippen MR) is 73.0 cm³/mol. The molecule has 0 radical (unpaired) electrons. The van der Waals surface area contributed by atoms with Gasteiger partial charge in [0.25, 0.3) is 0 Å². The number of carbonyl (C=O) groups excluding carboxylic acids is 1. The fraction of sp³-hybridized carbons (Fsp3) is 0.533. The maximum absolute atomic E-state index is 12.6. The summed E-state index contributed by atoms with van der Waals surface area (Å²) in [5.41, 5.74) is -0.718. The summed E-state index contributed by atoms with van der Waals surface area (Å²) in [5.74, 6) is 0.283. The number of benzene rings is 1. The van der Waals surface area contributed by atoms with Crippen LogP contribution in [0, 0.1) is 5.92 Å². The molecule has 0 unspecified atom stereocenters. The van der Waals surface area contributed by atoms with Crippen molar-refractivity contribution in [2.45, 2.75) is 44.9 Å². The SMILES string of the molecule is C[C@H]1CCCC[C@H]1OC(=O)Nc1cccc(C(F)(F)F)c1. The van der Waals surface area contributed by atoms with Crippen molar-refractivity contribution in [3.05, 3.63) is 29.8 Å². The molecule has 1 aliphatic carbocycles. The number of ether oxygens (including phenoxy) is 1. The van der Waals surface area contributed by atoms with Crippen LogP contribution in [0.25, 0.3) is 0 Å². The summed E-state index contributed by atoms with van der Waals surface area (Å²) in [5, 5.41) is 2.36. The summed E-state index contributed by atoms with van der Waals surface area (Å²) in [7, 11) is 0. The Morgan fingerprint density at radius 3 is 2.67 bits per heavy atom. The lowest BCUT2D eigenvalue weighted by molar-refractivity contribution is -0.137. The Morgan fingerprint density at radius 2 is 2.00 bits per heavy atom. The lowest BCUT2D eigenvalue weighted by Crippen LogP contribution is -2.30. The van der Waals surface area contributed by atoms with E-state index in [1.807, 2.05) is 6.92 Å². The highest BCUT2D eigenvalue weighted by atomic mass is 19.4. The highest BCUT2D eigenvalue weighted by Crippen LogP contribution is 2.31. The Morgan fingerprint density at radius 1 is 1.29 bits per heavy atom. The number of anilines is 1. The van der Waals surface area contributed by atoms with Gasteiger partial charge in [0.15, 0.2) is 0 Å². The van der Waals surface area contributed by atoms with E-state index in [9.17, 15) is 18.0 Å². The average molecular weight is 301 g/mol. The number of carbonyl (C=O) groups is 1. The van der Waals surface area contributed by atoms with Gasteiger partial charge >= 0.3 is 12.3 Å². The number of alkyl halides is 3. The fourth-order valence-electron chi connectivity index (χ4n) is 2.52. The molecule has 1 fully saturated rings. The molecule has 1 N–H and O–H groups in total. The second-order valence-corrected chi connectivity index (χ2v) is 5.41. The van der Waals surface area contributed by atoms with Gasteiger partial charge in [-0.1, -0.05) is 19.4 Å². The first-order valence-corrected chi connectivity index (χ1v) is 7.01. The number of hydrogen-bond acceptors (Lipinski definition) is 2. The standard InChI is InChI=1S/C15H18F3NO2/c1-10-5-2-3-8-13(10)21-14(20)19-12-7-4-6-11(9-12)15(16,17)18/h4,6-7,9-10,13H,2-3,5,8H2,1H3,(H,19,20)/t10-,13+/m0/s1. The van der Waals surface area contributed by atoms with Crippen LogP contribution in [0.15, 0.2) is 24.3 Å². The molecule has 6 heteroatoms. The predicted octanol–water partition coefficient (Wildman–Crippen LogP) is 4.83. The van der Waals surface area contributed by atoms with Gasteiger partial charge in [0.05, 0.1) is 5.56 Å². The van der Waals surface area contributed by atoms with Crippen molar-refractivity contribution in [1.82, 2.24) is 0 Å². The van der Waals surface area contributed by atoms with Crippen molar-refractivity contribution in [1.29, 1.82) is 0 Å². The van der Waals surface area contributed by atoms with Crippen LogP contribution >= 0.6 is 0 Å². The first kappa shape index (κ1) is 15.7. The molecule has 1 amide bonds. The van der Waals surface area contributed by atoms with E-state index in [0.29, 0.717) is 0 Å². The molecule has 0 aliphatic heterocycles. The molecular formula is C15H18F3NO2. The zero-order chi connectivity index (χ0) is 15.5. The first-order valence-electron chi connectivity index (χ1n) is 7.01. The molecule has 0 saturated heterocycles. The van der Waals surface area contributed by atoms with E-state index in [1.54, 1.807) is 0 Å². The summed E-state index contributed by atoms with van der Waals surface area (Å²) >= 11 is 0. The zero-order valence-electron chi connectivity index (χ0n) is 11.7. The molecule has 2 atom stereocenters. The van der Waals surface area contributed by atoms with Crippen LogP contribution in [0.2, 0.25) is 0 Å². The van der Waals surface area contributed by atoms with E-state index in [1.165, 1.54) is 12.1 Å². The minimum Gasteiger partial charge on any atom is -0.446 e. The summed E-state index contributed by atoms with van der Waals surface area (Å²) in [6.45, 7) is 2.02. The molecule has 1 saturated carbocycles. The van der Waals surface area contributed by atoms with E-state index < -0.39 is 17.8 Å². The summed E-state index contributed by atoms with van der Waals surface area (Å²) in [6.07, 6.45) is -1.36. The lowest BCUT2D eigenvalue weighted by atomic mass is 9.88. The molecule has 1 aliphatic rings. The third kappa shape index (κ3) is 4.37. The van der Waals surface area contributed by atoms with E-state index >= 15 is 0 Å². The molecule has 0 heterocycles. The second kappa shape index (κ2) is 6.37. The Balaban J connectivity index is 1.96. The lowest BCUT2D eigenvalue weighted by Gasteiger charge is -2.28. The summed E-state index contributed by atoms with van der Waals surface area (Å²) in [6, 6.07) is 4.51. The highest BCUT2D eigenvalue weighted by molar-refractivity contribution is 5.84. The number of hydrogen-bond donors (Lipinski definition) is 1. The maximum Gasteiger partial charge on any atom is 0.416 e. The monoisotopic (exact) mass is 301 g/mol. The van der Waals surface area contributed by atoms with Crippen LogP contribution in [-0.2, 0) is 10.9 Å². The van der Waals surface area contributed by atoms with E-state index in [-0.39, 0.29) is 17.7 Å². The van der Waals surface area contributed by atoms with Gasteiger partial charge in [0.1, 0.15) is 6.10 Å². The Hall–Kier alpha value is -1.72. The van der Waals surface area contributed by atoms with Gasteiger partial charge in [-0.2, -0.15) is 13.2 Å². The number of halogens is 3. The molecule has 0 aromatic heterocycles. The molecule has 0 bridgehead atoms. The molecule has 1 aromatic rings. The molecule has 116 valence electrons. The average Bonchev–Trinajstić information content (AvgIpc) is 2.41. The van der Waals surface area contributed by atoms with E-state index in [0.717, 1.165) is 37.8 Å². The topological polar surface area (TPSA) is 38.3 Å². The van der Waals surface area contributed by atoms with Crippen molar-refractivity contribution in [3.8, 4) is 0 Å². The molecule has 0 spiro atoms. The van der Waals surface area contributed by atoms with Crippen molar-refractivity contribution >= 4 is 11.8 Å². The molecule has 1 aromatic carbocycles. The molecule has 21 heavy (non-hydrogen) atoms. The zero-order valence-corrected chi connectivity index (χ0v) is 11.7. The van der Waals surface area contributed by atoms with Crippen LogP contribution in [-0.4, -0.2) is 12.2 Å². The normalized spacial score (nSPS) is 22.7. The summed E-state index contributed by atoms with van der Waals surface area (Å²) < 4.78 is 43.1. The quantitative estimate of drug-likeness (QED) is 0.849. The third-order valence-corrected chi connectivity index (χ3v) is 3.73. The highest BCUT2D eigenvalue weighted by Gasteiger charge is 2.30. The van der Waals surface area contributed by atoms with Gasteiger partial charge in [-0.3, -0.25) is 5.32 Å². The second-order valence-electron chi connectivity index (χ2n) is 5.41. The number of amides is 1. The number of rotatable bonds is 2. The van der Waals surface area contributed by atoms with Crippen LogP contribution in [0.1, 0.15) is 38.2 Å². The van der Waals surface area contributed by atoms with Crippen molar-refractivity contribution < 1.29 is 22.7 Å². The van der Waals surface area contributed by atoms with E-state index in [4.69, 9.17) is 4.74 Å². The van der Waals surface area contributed by atoms with Gasteiger partial charge in [-0.15, -0.1) is 0 Å². The molecule has 3 nitrogen and oxygen atoms in total. The largest absolute Gasteiger partial charge is 0.446 e. The maximum atomic E-state index is 12.6. The minimum absolute atomic E-state index is 0.0817. The van der Waals surface area contributed by atoms with Gasteiger partial charge in [-0.05, 0) is 43.4 Å². The first-order chi connectivity index (χ1) is 9.86. The minimum atomic E-state index is -4.43. The van der Waals surface area contributed by atoms with Gasteiger partial charge in [0, 0.05) is 5.69 Å². The smallest absolute Gasteiger partial charge is 0.416 e. The Kier molecular flexibility index (Phi) is 4.75. The van der Waals surface area contributed by atoms with Crippen molar-refractivity contribution in [2.75, 3.05) is 5.32 Å². The summed E-state index contributed by atoms with van der Waals surface area (Å²) in [4.78, 5) is 11.8. The molecular weight excluding hydrogens is 283 g/mol. The van der Waals surface area contributed by atoms with Crippen LogP contribution < -0.4 is 5.32 Å². The third-order valence-electron chi connectivity index (χ3n) is 3.73. The number of nitrogens with one attached hydrogen (secondary N) is 1. The van der Waals surface area contributed by atoms with Gasteiger partial charge < -0.3 is 4.74 Å². The molecule has 2 rings (SSSR count). The van der Waals surface area contributed by atoms with Crippen LogP contribution in [0.5, 0.6) is 0 Å². The van der Waals surface area contributed by atoms with Crippen LogP contribution in [0.4, 0.5) is 23.7 Å². The van der Waals surface area contributed by atoms with Crippen molar-refractivity contribution in [3.63, 3.8) is 0 Å².